The number of alkyl carbamates (subject to hydrolysis) is 1. The maximum atomic E-state index is 14.0. The summed E-state index contributed by atoms with van der Waals surface area (Å²) in [6.07, 6.45) is -2.93. The molecule has 3 amide bonds. The molecule has 0 saturated carbocycles. The van der Waals surface area contributed by atoms with E-state index in [2.05, 4.69) is 10.6 Å². The van der Waals surface area contributed by atoms with Gasteiger partial charge in [0, 0.05) is 5.92 Å². The monoisotopic (exact) mass is 693 g/mol. The molecule has 5 rings (SSSR count). The summed E-state index contributed by atoms with van der Waals surface area (Å²) in [5, 5.41) is 28.6. The molecule has 10 heteroatoms. The molecule has 4 atom stereocenters. The number of nitrogens with zero attached hydrogens (tertiary/aromatic N) is 1. The molecule has 4 N–H and O–H groups in total. The third-order valence-electron chi connectivity index (χ3n) is 8.92. The largest absolute Gasteiger partial charge is 0.448 e. The number of fused-ring (bicyclic) bond motifs is 3. The molecule has 0 bridgehead atoms. The third-order valence-corrected chi connectivity index (χ3v) is 8.92. The van der Waals surface area contributed by atoms with Crippen LogP contribution in [0, 0.1) is 0 Å². The van der Waals surface area contributed by atoms with Crippen molar-refractivity contribution in [2.24, 2.45) is 0 Å². The number of aliphatic hydroxyl groups excluding tert-OH is 2. The number of benzene rings is 4. The van der Waals surface area contributed by atoms with E-state index < -0.39 is 42.1 Å². The van der Waals surface area contributed by atoms with Crippen molar-refractivity contribution < 1.29 is 34.1 Å². The van der Waals surface area contributed by atoms with Crippen LogP contribution in [-0.2, 0) is 27.1 Å². The number of carbonyl (C=O) groups excluding carboxylic acids is 3. The van der Waals surface area contributed by atoms with E-state index in [0.29, 0.717) is 12.8 Å². The Bertz CT molecular complexity index is 1700. The topological polar surface area (TPSA) is 137 Å². The first kappa shape index (κ1) is 37.1. The van der Waals surface area contributed by atoms with Gasteiger partial charge in [-0.25, -0.2) is 9.59 Å². The van der Waals surface area contributed by atoms with E-state index in [1.807, 2.05) is 109 Å². The van der Waals surface area contributed by atoms with E-state index in [1.54, 1.807) is 20.8 Å². The molecule has 51 heavy (non-hydrogen) atoms. The predicted octanol–water partition coefficient (Wildman–Crippen LogP) is 5.45. The number of ether oxygens (including phenoxy) is 2. The maximum Gasteiger partial charge on any atom is 0.409 e. The van der Waals surface area contributed by atoms with Crippen molar-refractivity contribution in [2.75, 3.05) is 19.7 Å². The van der Waals surface area contributed by atoms with Crippen molar-refractivity contribution in [1.82, 2.24) is 15.5 Å². The van der Waals surface area contributed by atoms with Gasteiger partial charge in [-0.1, -0.05) is 109 Å². The average molecular weight is 694 g/mol. The molecule has 10 nitrogen and oxygen atoms in total. The lowest BCUT2D eigenvalue weighted by atomic mass is 9.98. The molecule has 0 saturated heterocycles. The molecule has 0 unspecified atom stereocenters. The van der Waals surface area contributed by atoms with Gasteiger partial charge in [-0.05, 0) is 67.0 Å². The van der Waals surface area contributed by atoms with E-state index in [-0.39, 0.29) is 32.0 Å². The number of aliphatic hydroxyl groups is 2. The van der Waals surface area contributed by atoms with E-state index >= 15 is 0 Å². The lowest BCUT2D eigenvalue weighted by molar-refractivity contribution is -0.111. The fraction of sp³-hybridized carbons (Fsp3) is 0.341. The van der Waals surface area contributed by atoms with Gasteiger partial charge in [0.2, 0.25) is 6.41 Å². The second kappa shape index (κ2) is 17.2. The molecule has 0 heterocycles. The molecular weight excluding hydrogens is 646 g/mol. The Morgan fingerprint density at radius 2 is 1.22 bits per heavy atom. The van der Waals surface area contributed by atoms with Crippen LogP contribution in [0.3, 0.4) is 0 Å². The Balaban J connectivity index is 1.38. The van der Waals surface area contributed by atoms with Gasteiger partial charge in [0.15, 0.2) is 0 Å². The Morgan fingerprint density at radius 1 is 0.745 bits per heavy atom. The van der Waals surface area contributed by atoms with Crippen LogP contribution < -0.4 is 10.6 Å². The number of hydrogen-bond donors (Lipinski definition) is 4. The first-order valence-corrected chi connectivity index (χ1v) is 17.3. The molecule has 1 aliphatic carbocycles. The van der Waals surface area contributed by atoms with Gasteiger partial charge in [-0.2, -0.15) is 0 Å². The summed E-state index contributed by atoms with van der Waals surface area (Å²) in [4.78, 5) is 39.8. The summed E-state index contributed by atoms with van der Waals surface area (Å²) in [6, 6.07) is 33.1. The zero-order valence-electron chi connectivity index (χ0n) is 29.3. The summed E-state index contributed by atoms with van der Waals surface area (Å²) >= 11 is 0. The molecule has 0 aliphatic heterocycles. The molecule has 0 aromatic heterocycles. The fourth-order valence-corrected chi connectivity index (χ4v) is 6.49. The second-order valence-corrected chi connectivity index (χ2v) is 13.9. The van der Waals surface area contributed by atoms with E-state index in [1.165, 1.54) is 4.90 Å². The molecule has 268 valence electrons. The van der Waals surface area contributed by atoms with Gasteiger partial charge in [-0.15, -0.1) is 0 Å². The number of nitrogens with one attached hydrogen (secondary N) is 2. The molecule has 1 aliphatic rings. The van der Waals surface area contributed by atoms with Crippen LogP contribution in [-0.4, -0.2) is 83.3 Å². The maximum absolute atomic E-state index is 14.0. The van der Waals surface area contributed by atoms with Crippen molar-refractivity contribution in [3.05, 3.63) is 131 Å². The summed E-state index contributed by atoms with van der Waals surface area (Å²) in [6.45, 7) is 4.70. The molecule has 0 spiro atoms. The van der Waals surface area contributed by atoms with Crippen LogP contribution in [0.25, 0.3) is 11.1 Å². The third kappa shape index (κ3) is 10.2. The van der Waals surface area contributed by atoms with Crippen molar-refractivity contribution in [1.29, 1.82) is 0 Å². The highest BCUT2D eigenvalue weighted by Crippen LogP contribution is 2.44. The standard InChI is InChI=1S/C41H47N3O7/c1-41(2,3)51-39(48)43-36(23-29-16-8-5-9-17-29)38(47)25-44(24-37(46)35(42-27-45)22-28-14-6-4-7-15-28)40(49)50-26-34-32-20-12-10-18-30(32)31-19-11-13-21-33(31)34/h4-21,27,34-38,46-47H,22-26H2,1-3H3,(H,42,45)(H,43,48)/t35-,36-,37+,38+/m0/s1. The Hall–Kier alpha value is -5.19. The molecule has 0 radical (unpaired) electrons. The van der Waals surface area contributed by atoms with Gasteiger partial charge in [-0.3, -0.25) is 4.79 Å². The lowest BCUT2D eigenvalue weighted by Crippen LogP contribution is -2.54. The van der Waals surface area contributed by atoms with Crippen molar-refractivity contribution in [3.63, 3.8) is 0 Å². The van der Waals surface area contributed by atoms with Crippen LogP contribution in [0.1, 0.15) is 48.9 Å². The van der Waals surface area contributed by atoms with Crippen molar-refractivity contribution in [3.8, 4) is 11.1 Å². The fourth-order valence-electron chi connectivity index (χ4n) is 6.49. The number of amides is 3. The lowest BCUT2D eigenvalue weighted by Gasteiger charge is -2.33. The molecule has 4 aromatic carbocycles. The highest BCUT2D eigenvalue weighted by Gasteiger charge is 2.33. The second-order valence-electron chi connectivity index (χ2n) is 13.9. The van der Waals surface area contributed by atoms with Crippen molar-refractivity contribution >= 4 is 18.6 Å². The summed E-state index contributed by atoms with van der Waals surface area (Å²) < 4.78 is 11.5. The summed E-state index contributed by atoms with van der Waals surface area (Å²) in [5.74, 6) is -0.208. The Kier molecular flexibility index (Phi) is 12.5. The van der Waals surface area contributed by atoms with Gasteiger partial charge in [0.25, 0.3) is 0 Å². The first-order valence-electron chi connectivity index (χ1n) is 17.3. The van der Waals surface area contributed by atoms with Gasteiger partial charge in [0.05, 0.1) is 37.4 Å². The first-order chi connectivity index (χ1) is 24.5. The highest BCUT2D eigenvalue weighted by molar-refractivity contribution is 5.79. The minimum Gasteiger partial charge on any atom is -0.448 e. The van der Waals surface area contributed by atoms with Crippen LogP contribution in [0.5, 0.6) is 0 Å². The summed E-state index contributed by atoms with van der Waals surface area (Å²) in [7, 11) is 0. The predicted molar refractivity (Wildman–Crippen MR) is 195 cm³/mol. The zero-order valence-corrected chi connectivity index (χ0v) is 29.3. The minimum absolute atomic E-state index is 0.0270. The highest BCUT2D eigenvalue weighted by atomic mass is 16.6. The molecular formula is C41H47N3O7. The Labute approximate surface area is 299 Å². The minimum atomic E-state index is -1.29. The van der Waals surface area contributed by atoms with Crippen LogP contribution in [0.15, 0.2) is 109 Å². The number of rotatable bonds is 15. The van der Waals surface area contributed by atoms with Crippen molar-refractivity contribution in [2.45, 2.75) is 69.4 Å². The normalized spacial score (nSPS) is 14.6. The zero-order chi connectivity index (χ0) is 36.4. The average Bonchev–Trinajstić information content (AvgIpc) is 3.43. The van der Waals surface area contributed by atoms with E-state index in [9.17, 15) is 24.6 Å². The number of carbonyl (C=O) groups is 3. The molecule has 4 aromatic rings. The van der Waals surface area contributed by atoms with Gasteiger partial charge < -0.3 is 35.2 Å². The van der Waals surface area contributed by atoms with Crippen LogP contribution in [0.4, 0.5) is 9.59 Å². The van der Waals surface area contributed by atoms with E-state index in [4.69, 9.17) is 9.47 Å². The Morgan fingerprint density at radius 3 is 1.73 bits per heavy atom. The van der Waals surface area contributed by atoms with E-state index in [0.717, 1.165) is 33.4 Å². The molecule has 0 fully saturated rings. The van der Waals surface area contributed by atoms with Crippen LogP contribution in [0.2, 0.25) is 0 Å². The van der Waals surface area contributed by atoms with Gasteiger partial charge >= 0.3 is 12.2 Å². The SMILES string of the molecule is CC(C)(C)OC(=O)N[C@@H](Cc1ccccc1)[C@H](O)CN(C[C@@H](O)[C@H](Cc1ccccc1)NC=O)C(=O)OCC1c2ccccc2-c2ccccc21. The number of hydrogen-bond acceptors (Lipinski definition) is 7. The van der Waals surface area contributed by atoms with Crippen LogP contribution >= 0.6 is 0 Å². The summed E-state index contributed by atoms with van der Waals surface area (Å²) in [5.41, 5.74) is 5.20. The van der Waals surface area contributed by atoms with Gasteiger partial charge in [0.1, 0.15) is 12.2 Å². The quantitative estimate of drug-likeness (QED) is 0.122. The smallest absolute Gasteiger partial charge is 0.409 e.